The number of rotatable bonds is 6. The standard InChI is InChI=1S/C16H30N2O/c17-12-7-2-1-4-8-15(19)18-13-11-16(14-18)9-5-3-6-10-16/h1-14,17H2. The van der Waals surface area contributed by atoms with Crippen LogP contribution >= 0.6 is 0 Å². The summed E-state index contributed by atoms with van der Waals surface area (Å²) in [6.45, 7) is 2.85. The molecule has 1 amide bonds. The van der Waals surface area contributed by atoms with Gasteiger partial charge in [-0.1, -0.05) is 32.1 Å². The van der Waals surface area contributed by atoms with Gasteiger partial charge in [0, 0.05) is 19.5 Å². The molecule has 0 unspecified atom stereocenters. The van der Waals surface area contributed by atoms with Crippen LogP contribution in [0.3, 0.4) is 0 Å². The second-order valence-electron chi connectivity index (χ2n) is 6.58. The number of hydrogen-bond acceptors (Lipinski definition) is 2. The van der Waals surface area contributed by atoms with E-state index >= 15 is 0 Å². The monoisotopic (exact) mass is 266 g/mol. The maximum absolute atomic E-state index is 12.2. The molecule has 1 spiro atoms. The lowest BCUT2D eigenvalue weighted by molar-refractivity contribution is -0.130. The quantitative estimate of drug-likeness (QED) is 0.751. The minimum Gasteiger partial charge on any atom is -0.342 e. The van der Waals surface area contributed by atoms with Gasteiger partial charge < -0.3 is 10.6 Å². The summed E-state index contributed by atoms with van der Waals surface area (Å²) >= 11 is 0. The minimum absolute atomic E-state index is 0.398. The third kappa shape index (κ3) is 4.20. The van der Waals surface area contributed by atoms with Gasteiger partial charge >= 0.3 is 0 Å². The van der Waals surface area contributed by atoms with Gasteiger partial charge in [-0.15, -0.1) is 0 Å². The van der Waals surface area contributed by atoms with Gasteiger partial charge in [0.05, 0.1) is 0 Å². The molecular weight excluding hydrogens is 236 g/mol. The molecule has 1 aliphatic heterocycles. The van der Waals surface area contributed by atoms with Crippen molar-refractivity contribution in [1.29, 1.82) is 0 Å². The molecular formula is C16H30N2O. The Balaban J connectivity index is 1.66. The predicted octanol–water partition coefficient (Wildman–Crippen LogP) is 3.08. The fourth-order valence-electron chi connectivity index (χ4n) is 3.79. The zero-order chi connectivity index (χ0) is 13.6. The Morgan fingerprint density at radius 3 is 2.47 bits per heavy atom. The number of nitrogens with two attached hydrogens (primary N) is 1. The van der Waals surface area contributed by atoms with Crippen LogP contribution in [0, 0.1) is 5.41 Å². The lowest BCUT2D eigenvalue weighted by atomic mass is 9.73. The van der Waals surface area contributed by atoms with Crippen molar-refractivity contribution in [3.8, 4) is 0 Å². The highest BCUT2D eigenvalue weighted by atomic mass is 16.2. The molecule has 0 aromatic heterocycles. The summed E-state index contributed by atoms with van der Waals surface area (Å²) in [5.41, 5.74) is 5.98. The van der Waals surface area contributed by atoms with Crippen LogP contribution in [0.25, 0.3) is 0 Å². The van der Waals surface area contributed by atoms with E-state index in [2.05, 4.69) is 4.90 Å². The number of hydrogen-bond donors (Lipinski definition) is 1. The molecule has 3 nitrogen and oxygen atoms in total. The Hall–Kier alpha value is -0.570. The zero-order valence-corrected chi connectivity index (χ0v) is 12.3. The first-order valence-electron chi connectivity index (χ1n) is 8.24. The second-order valence-corrected chi connectivity index (χ2v) is 6.58. The van der Waals surface area contributed by atoms with E-state index in [1.807, 2.05) is 0 Å². The molecule has 1 aliphatic carbocycles. The molecule has 110 valence electrons. The van der Waals surface area contributed by atoms with Crippen molar-refractivity contribution in [2.24, 2.45) is 11.1 Å². The van der Waals surface area contributed by atoms with Crippen LogP contribution in [0.1, 0.15) is 70.6 Å². The van der Waals surface area contributed by atoms with Crippen LogP contribution < -0.4 is 5.73 Å². The van der Waals surface area contributed by atoms with E-state index in [-0.39, 0.29) is 0 Å². The first-order chi connectivity index (χ1) is 9.26. The third-order valence-corrected chi connectivity index (χ3v) is 5.05. The van der Waals surface area contributed by atoms with Crippen molar-refractivity contribution in [3.05, 3.63) is 0 Å². The zero-order valence-electron chi connectivity index (χ0n) is 12.3. The summed E-state index contributed by atoms with van der Waals surface area (Å²) in [6.07, 6.45) is 13.3. The molecule has 2 aliphatic rings. The van der Waals surface area contributed by atoms with E-state index in [0.29, 0.717) is 11.3 Å². The van der Waals surface area contributed by atoms with E-state index in [1.165, 1.54) is 44.9 Å². The summed E-state index contributed by atoms with van der Waals surface area (Å²) in [5, 5.41) is 0. The number of carbonyl (C=O) groups is 1. The van der Waals surface area contributed by atoms with Gasteiger partial charge in [0.2, 0.25) is 5.91 Å². The maximum Gasteiger partial charge on any atom is 0.222 e. The molecule has 2 fully saturated rings. The fraction of sp³-hybridized carbons (Fsp3) is 0.938. The van der Waals surface area contributed by atoms with E-state index in [0.717, 1.165) is 45.3 Å². The molecule has 0 atom stereocenters. The average Bonchev–Trinajstić information content (AvgIpc) is 2.83. The van der Waals surface area contributed by atoms with Crippen LogP contribution in [-0.4, -0.2) is 30.4 Å². The van der Waals surface area contributed by atoms with Crippen LogP contribution in [0.2, 0.25) is 0 Å². The SMILES string of the molecule is NCCCCCCC(=O)N1CCC2(CCCCC2)C1. The van der Waals surface area contributed by atoms with Crippen LogP contribution in [0.15, 0.2) is 0 Å². The van der Waals surface area contributed by atoms with Crippen molar-refractivity contribution in [2.45, 2.75) is 70.6 Å². The van der Waals surface area contributed by atoms with Gasteiger partial charge in [-0.2, -0.15) is 0 Å². The van der Waals surface area contributed by atoms with Crippen molar-refractivity contribution < 1.29 is 4.79 Å². The van der Waals surface area contributed by atoms with Gasteiger partial charge in [0.1, 0.15) is 0 Å². The Morgan fingerprint density at radius 1 is 1.00 bits per heavy atom. The number of unbranched alkanes of at least 4 members (excludes halogenated alkanes) is 3. The highest BCUT2D eigenvalue weighted by molar-refractivity contribution is 5.76. The molecule has 0 aromatic rings. The smallest absolute Gasteiger partial charge is 0.222 e. The highest BCUT2D eigenvalue weighted by Crippen LogP contribution is 2.43. The molecule has 0 radical (unpaired) electrons. The van der Waals surface area contributed by atoms with E-state index in [9.17, 15) is 4.79 Å². The van der Waals surface area contributed by atoms with Crippen LogP contribution in [0.5, 0.6) is 0 Å². The normalized spacial score (nSPS) is 22.1. The van der Waals surface area contributed by atoms with Gasteiger partial charge in [0.15, 0.2) is 0 Å². The summed E-state index contributed by atoms with van der Waals surface area (Å²) < 4.78 is 0. The molecule has 0 aromatic carbocycles. The summed E-state index contributed by atoms with van der Waals surface area (Å²) in [6, 6.07) is 0. The average molecular weight is 266 g/mol. The van der Waals surface area contributed by atoms with Gasteiger partial charge in [0.25, 0.3) is 0 Å². The Bertz CT molecular complexity index is 284. The molecule has 1 saturated heterocycles. The van der Waals surface area contributed by atoms with Crippen molar-refractivity contribution in [3.63, 3.8) is 0 Å². The van der Waals surface area contributed by atoms with Gasteiger partial charge in [-0.05, 0) is 44.1 Å². The molecule has 0 bridgehead atoms. The third-order valence-electron chi connectivity index (χ3n) is 5.05. The largest absolute Gasteiger partial charge is 0.342 e. The molecule has 2 N–H and O–H groups in total. The first-order valence-corrected chi connectivity index (χ1v) is 8.24. The fourth-order valence-corrected chi connectivity index (χ4v) is 3.79. The number of likely N-dealkylation sites (tertiary alicyclic amines) is 1. The van der Waals surface area contributed by atoms with E-state index < -0.39 is 0 Å². The highest BCUT2D eigenvalue weighted by Gasteiger charge is 2.39. The van der Waals surface area contributed by atoms with Gasteiger partial charge in [-0.25, -0.2) is 0 Å². The topological polar surface area (TPSA) is 46.3 Å². The second kappa shape index (κ2) is 7.28. The maximum atomic E-state index is 12.2. The van der Waals surface area contributed by atoms with Crippen LogP contribution in [0.4, 0.5) is 0 Å². The van der Waals surface area contributed by atoms with Gasteiger partial charge in [-0.3, -0.25) is 4.79 Å². The van der Waals surface area contributed by atoms with Crippen molar-refractivity contribution >= 4 is 5.91 Å². The Kier molecular flexibility index (Phi) is 5.68. The number of carbonyl (C=O) groups excluding carboxylic acids is 1. The van der Waals surface area contributed by atoms with E-state index in [1.54, 1.807) is 0 Å². The molecule has 19 heavy (non-hydrogen) atoms. The molecule has 1 heterocycles. The molecule has 2 rings (SSSR count). The Morgan fingerprint density at radius 2 is 1.74 bits per heavy atom. The van der Waals surface area contributed by atoms with Crippen molar-refractivity contribution in [2.75, 3.05) is 19.6 Å². The summed E-state index contributed by atoms with van der Waals surface area (Å²) in [4.78, 5) is 14.4. The molecule has 1 saturated carbocycles. The predicted molar refractivity (Wildman–Crippen MR) is 78.9 cm³/mol. The minimum atomic E-state index is 0.398. The first kappa shape index (κ1) is 14.8. The number of nitrogens with zero attached hydrogens (tertiary/aromatic N) is 1. The van der Waals surface area contributed by atoms with Crippen molar-refractivity contribution in [1.82, 2.24) is 4.90 Å². The summed E-state index contributed by atoms with van der Waals surface area (Å²) in [7, 11) is 0. The lowest BCUT2D eigenvalue weighted by Gasteiger charge is -2.33. The lowest BCUT2D eigenvalue weighted by Crippen LogP contribution is -2.33. The summed E-state index contributed by atoms with van der Waals surface area (Å²) in [5.74, 6) is 0.398. The van der Waals surface area contributed by atoms with Crippen LogP contribution in [-0.2, 0) is 4.79 Å². The number of amides is 1. The molecule has 3 heteroatoms. The Labute approximate surface area is 117 Å². The van der Waals surface area contributed by atoms with E-state index in [4.69, 9.17) is 5.73 Å².